The highest BCUT2D eigenvalue weighted by Crippen LogP contribution is 2.19. The van der Waals surface area contributed by atoms with Crippen molar-refractivity contribution >= 4 is 23.4 Å². The highest BCUT2D eigenvalue weighted by atomic mass is 35.5. The topological polar surface area (TPSA) is 58.2 Å². The average Bonchev–Trinajstić information content (AvgIpc) is 2.60. The summed E-state index contributed by atoms with van der Waals surface area (Å²) >= 11 is 5.79. The molecule has 130 valence electrons. The van der Waals surface area contributed by atoms with Gasteiger partial charge in [-0.2, -0.15) is 0 Å². The molecule has 0 atom stereocenters. The Kier molecular flexibility index (Phi) is 7.83. The summed E-state index contributed by atoms with van der Waals surface area (Å²) in [5.41, 5.74) is 2.04. The van der Waals surface area contributed by atoms with Gasteiger partial charge in [-0.3, -0.25) is 9.59 Å². The van der Waals surface area contributed by atoms with Crippen LogP contribution >= 0.6 is 11.6 Å². The number of halogens is 1. The van der Waals surface area contributed by atoms with Gasteiger partial charge in [-0.05, 0) is 62.8 Å². The highest BCUT2D eigenvalue weighted by Gasteiger charge is 2.07. The molecule has 0 saturated heterocycles. The molecule has 2 rings (SSSR count). The van der Waals surface area contributed by atoms with Crippen molar-refractivity contribution in [3.63, 3.8) is 0 Å². The fourth-order valence-corrected chi connectivity index (χ4v) is 2.86. The van der Waals surface area contributed by atoms with Crippen molar-refractivity contribution in [2.24, 2.45) is 0 Å². The summed E-state index contributed by atoms with van der Waals surface area (Å²) in [6, 6.07) is 6.74. The summed E-state index contributed by atoms with van der Waals surface area (Å²) in [4.78, 5) is 23.7. The Bertz CT molecular complexity index is 582. The van der Waals surface area contributed by atoms with E-state index in [0.717, 1.165) is 6.42 Å². The smallest absolute Gasteiger partial charge is 0.251 e. The normalized spacial score (nSPS) is 14.0. The Morgan fingerprint density at radius 2 is 1.83 bits per heavy atom. The van der Waals surface area contributed by atoms with E-state index in [2.05, 4.69) is 16.7 Å². The van der Waals surface area contributed by atoms with Crippen molar-refractivity contribution in [3.8, 4) is 0 Å². The van der Waals surface area contributed by atoms with E-state index >= 15 is 0 Å². The number of carbonyl (C=O) groups is 2. The lowest BCUT2D eigenvalue weighted by Crippen LogP contribution is -2.28. The Morgan fingerprint density at radius 3 is 2.54 bits per heavy atom. The first-order chi connectivity index (χ1) is 11.6. The number of carbonyl (C=O) groups excluding carboxylic acids is 2. The molecule has 0 saturated carbocycles. The van der Waals surface area contributed by atoms with Crippen LogP contribution in [-0.2, 0) is 4.79 Å². The molecule has 0 bridgehead atoms. The first-order valence-corrected chi connectivity index (χ1v) is 9.01. The molecular formula is C19H25ClN2O2. The van der Waals surface area contributed by atoms with Crippen LogP contribution in [0.1, 0.15) is 55.3 Å². The minimum atomic E-state index is -0.142. The SMILES string of the molecule is O=C(CCCNC(=O)c1ccc(Cl)cc1)NCCC1=CCCCC1. The largest absolute Gasteiger partial charge is 0.356 e. The Labute approximate surface area is 148 Å². The molecule has 24 heavy (non-hydrogen) atoms. The lowest BCUT2D eigenvalue weighted by atomic mass is 9.97. The third-order valence-corrected chi connectivity index (χ3v) is 4.38. The summed E-state index contributed by atoms with van der Waals surface area (Å²) in [7, 11) is 0. The fourth-order valence-electron chi connectivity index (χ4n) is 2.74. The molecule has 2 amide bonds. The van der Waals surface area contributed by atoms with Gasteiger partial charge in [0.15, 0.2) is 0 Å². The Morgan fingerprint density at radius 1 is 1.04 bits per heavy atom. The molecule has 0 aromatic heterocycles. The number of rotatable bonds is 8. The van der Waals surface area contributed by atoms with E-state index in [1.165, 1.54) is 31.3 Å². The molecule has 0 spiro atoms. The zero-order valence-corrected chi connectivity index (χ0v) is 14.7. The number of hydrogen-bond acceptors (Lipinski definition) is 2. The number of benzene rings is 1. The van der Waals surface area contributed by atoms with E-state index in [1.807, 2.05) is 0 Å². The molecule has 1 aliphatic rings. The van der Waals surface area contributed by atoms with Crippen LogP contribution in [0.5, 0.6) is 0 Å². The van der Waals surface area contributed by atoms with Gasteiger partial charge < -0.3 is 10.6 Å². The van der Waals surface area contributed by atoms with E-state index in [-0.39, 0.29) is 11.8 Å². The maximum Gasteiger partial charge on any atom is 0.251 e. The van der Waals surface area contributed by atoms with E-state index in [1.54, 1.807) is 24.3 Å². The van der Waals surface area contributed by atoms with Crippen molar-refractivity contribution in [3.05, 3.63) is 46.5 Å². The van der Waals surface area contributed by atoms with Crippen LogP contribution in [0.2, 0.25) is 5.02 Å². The van der Waals surface area contributed by atoms with Crippen molar-refractivity contribution < 1.29 is 9.59 Å². The predicted molar refractivity (Wildman–Crippen MR) is 97.2 cm³/mol. The Hall–Kier alpha value is -1.81. The van der Waals surface area contributed by atoms with Crippen LogP contribution < -0.4 is 10.6 Å². The van der Waals surface area contributed by atoms with Gasteiger partial charge in [0.25, 0.3) is 5.91 Å². The molecule has 0 heterocycles. The van der Waals surface area contributed by atoms with Crippen molar-refractivity contribution in [2.45, 2.75) is 44.9 Å². The maximum atomic E-state index is 11.9. The minimum absolute atomic E-state index is 0.0483. The molecule has 0 unspecified atom stereocenters. The number of nitrogens with one attached hydrogen (secondary N) is 2. The molecule has 1 aliphatic carbocycles. The van der Waals surface area contributed by atoms with Crippen LogP contribution in [0.3, 0.4) is 0 Å². The van der Waals surface area contributed by atoms with Crippen LogP contribution in [0.25, 0.3) is 0 Å². The molecular weight excluding hydrogens is 324 g/mol. The van der Waals surface area contributed by atoms with Gasteiger partial charge in [-0.1, -0.05) is 23.3 Å². The standard InChI is InChI=1S/C19H25ClN2O2/c20-17-10-8-16(9-11-17)19(24)22-13-4-7-18(23)21-14-12-15-5-2-1-3-6-15/h5,8-11H,1-4,6-7,12-14H2,(H,21,23)(H,22,24). The van der Waals surface area contributed by atoms with E-state index in [9.17, 15) is 9.59 Å². The zero-order valence-electron chi connectivity index (χ0n) is 13.9. The van der Waals surface area contributed by atoms with Crippen LogP contribution in [0, 0.1) is 0 Å². The summed E-state index contributed by atoms with van der Waals surface area (Å²) in [5.74, 6) is -0.0940. The summed E-state index contributed by atoms with van der Waals surface area (Å²) in [6.07, 6.45) is 9.24. The highest BCUT2D eigenvalue weighted by molar-refractivity contribution is 6.30. The van der Waals surface area contributed by atoms with Gasteiger partial charge in [0.1, 0.15) is 0 Å². The van der Waals surface area contributed by atoms with Gasteiger partial charge in [0.05, 0.1) is 0 Å². The predicted octanol–water partition coefficient (Wildman–Crippen LogP) is 3.86. The molecule has 1 aromatic carbocycles. The Balaban J connectivity index is 1.54. The van der Waals surface area contributed by atoms with E-state index < -0.39 is 0 Å². The number of allylic oxidation sites excluding steroid dienone is 1. The second-order valence-corrected chi connectivity index (χ2v) is 6.51. The van der Waals surface area contributed by atoms with Gasteiger partial charge in [-0.15, -0.1) is 0 Å². The summed E-state index contributed by atoms with van der Waals surface area (Å²) in [6.45, 7) is 1.20. The fraction of sp³-hybridized carbons (Fsp3) is 0.474. The zero-order chi connectivity index (χ0) is 17.2. The van der Waals surface area contributed by atoms with E-state index in [4.69, 9.17) is 11.6 Å². The van der Waals surface area contributed by atoms with Gasteiger partial charge in [0.2, 0.25) is 5.91 Å². The molecule has 1 aromatic rings. The minimum Gasteiger partial charge on any atom is -0.356 e. The first kappa shape index (κ1) is 18.5. The quantitative estimate of drug-likeness (QED) is 0.553. The summed E-state index contributed by atoms with van der Waals surface area (Å²) in [5, 5.41) is 6.36. The van der Waals surface area contributed by atoms with E-state index in [0.29, 0.717) is 36.5 Å². The van der Waals surface area contributed by atoms with Crippen molar-refractivity contribution in [1.82, 2.24) is 10.6 Å². The first-order valence-electron chi connectivity index (χ1n) is 8.63. The third kappa shape index (κ3) is 6.75. The molecule has 5 heteroatoms. The van der Waals surface area contributed by atoms with Crippen LogP contribution in [-0.4, -0.2) is 24.9 Å². The van der Waals surface area contributed by atoms with Crippen LogP contribution in [0.15, 0.2) is 35.9 Å². The summed E-state index contributed by atoms with van der Waals surface area (Å²) < 4.78 is 0. The third-order valence-electron chi connectivity index (χ3n) is 4.13. The van der Waals surface area contributed by atoms with Gasteiger partial charge in [-0.25, -0.2) is 0 Å². The maximum absolute atomic E-state index is 11.9. The second-order valence-electron chi connectivity index (χ2n) is 6.07. The molecule has 2 N–H and O–H groups in total. The van der Waals surface area contributed by atoms with Gasteiger partial charge in [0, 0.05) is 30.1 Å². The number of amides is 2. The molecule has 0 radical (unpaired) electrons. The number of hydrogen-bond donors (Lipinski definition) is 2. The molecule has 0 fully saturated rings. The van der Waals surface area contributed by atoms with Gasteiger partial charge >= 0.3 is 0 Å². The van der Waals surface area contributed by atoms with Crippen molar-refractivity contribution in [2.75, 3.05) is 13.1 Å². The average molecular weight is 349 g/mol. The lowest BCUT2D eigenvalue weighted by Gasteiger charge is -2.13. The lowest BCUT2D eigenvalue weighted by molar-refractivity contribution is -0.121. The van der Waals surface area contributed by atoms with Crippen molar-refractivity contribution in [1.29, 1.82) is 0 Å². The molecule has 4 nitrogen and oxygen atoms in total. The second kappa shape index (κ2) is 10.1. The molecule has 0 aliphatic heterocycles. The van der Waals surface area contributed by atoms with Crippen LogP contribution in [0.4, 0.5) is 0 Å². The monoisotopic (exact) mass is 348 g/mol.